The zero-order valence-electron chi connectivity index (χ0n) is 13.7. The average molecular weight is 348 g/mol. The van der Waals surface area contributed by atoms with Gasteiger partial charge in [-0.3, -0.25) is 4.79 Å². The Bertz CT molecular complexity index is 1080. The van der Waals surface area contributed by atoms with E-state index in [2.05, 4.69) is 9.97 Å². The van der Waals surface area contributed by atoms with Gasteiger partial charge in [-0.2, -0.15) is 0 Å². The molecule has 2 aromatic carbocycles. The van der Waals surface area contributed by atoms with Gasteiger partial charge >= 0.3 is 0 Å². The number of rotatable bonds is 4. The largest absolute Gasteiger partial charge is 0.494 e. The maximum atomic E-state index is 12.5. The number of H-pyrrole nitrogens is 1. The highest BCUT2D eigenvalue weighted by Gasteiger charge is 2.11. The van der Waals surface area contributed by atoms with E-state index >= 15 is 0 Å². The third kappa shape index (κ3) is 3.06. The Morgan fingerprint density at radius 2 is 1.84 bits per heavy atom. The Morgan fingerprint density at radius 3 is 2.64 bits per heavy atom. The molecule has 0 aliphatic carbocycles. The molecule has 0 amide bonds. The predicted octanol–water partition coefficient (Wildman–Crippen LogP) is 4.72. The van der Waals surface area contributed by atoms with Crippen LogP contribution in [0.2, 0.25) is 0 Å². The molecule has 124 valence electrons. The highest BCUT2D eigenvalue weighted by molar-refractivity contribution is 7.21. The molecular formula is C20H16N2O2S. The Kier molecular flexibility index (Phi) is 4.07. The van der Waals surface area contributed by atoms with Gasteiger partial charge in [0.05, 0.1) is 12.0 Å². The molecule has 0 saturated heterocycles. The van der Waals surface area contributed by atoms with Crippen molar-refractivity contribution >= 4 is 21.6 Å². The predicted molar refractivity (Wildman–Crippen MR) is 102 cm³/mol. The number of nitrogens with one attached hydrogen (secondary N) is 1. The molecule has 0 aliphatic heterocycles. The van der Waals surface area contributed by atoms with Crippen LogP contribution in [0.1, 0.15) is 6.92 Å². The van der Waals surface area contributed by atoms with Gasteiger partial charge in [-0.25, -0.2) is 4.98 Å². The fourth-order valence-electron chi connectivity index (χ4n) is 2.71. The van der Waals surface area contributed by atoms with Crippen molar-refractivity contribution in [2.24, 2.45) is 0 Å². The molecule has 2 aromatic heterocycles. The zero-order chi connectivity index (χ0) is 17.2. The number of ether oxygens (including phenoxy) is 1. The van der Waals surface area contributed by atoms with E-state index in [-0.39, 0.29) is 5.56 Å². The summed E-state index contributed by atoms with van der Waals surface area (Å²) in [7, 11) is 0. The Hall–Kier alpha value is -2.92. The topological polar surface area (TPSA) is 55.0 Å². The summed E-state index contributed by atoms with van der Waals surface area (Å²) in [6.45, 7) is 2.54. The van der Waals surface area contributed by atoms with E-state index in [1.54, 1.807) is 0 Å². The Labute approximate surface area is 148 Å². The van der Waals surface area contributed by atoms with Crippen molar-refractivity contribution in [2.75, 3.05) is 6.61 Å². The number of hydrogen-bond acceptors (Lipinski definition) is 4. The van der Waals surface area contributed by atoms with Crippen LogP contribution in [-0.2, 0) is 0 Å². The molecule has 0 aliphatic rings. The molecule has 0 radical (unpaired) electrons. The lowest BCUT2D eigenvalue weighted by Crippen LogP contribution is -2.08. The first-order valence-electron chi connectivity index (χ1n) is 8.07. The fraction of sp³-hybridized carbons (Fsp3) is 0.100. The summed E-state index contributed by atoms with van der Waals surface area (Å²) >= 11 is 1.53. The Balaban J connectivity index is 1.82. The average Bonchev–Trinajstić information content (AvgIpc) is 3.08. The van der Waals surface area contributed by atoms with Gasteiger partial charge in [0.2, 0.25) is 0 Å². The van der Waals surface area contributed by atoms with Crippen molar-refractivity contribution < 1.29 is 4.74 Å². The summed E-state index contributed by atoms with van der Waals surface area (Å²) in [5.41, 5.74) is 1.80. The number of fused-ring (bicyclic) bond motifs is 1. The highest BCUT2D eigenvalue weighted by atomic mass is 32.1. The van der Waals surface area contributed by atoms with Crippen LogP contribution in [0.5, 0.6) is 5.75 Å². The van der Waals surface area contributed by atoms with Gasteiger partial charge < -0.3 is 9.72 Å². The third-order valence-corrected chi connectivity index (χ3v) is 4.96. The molecule has 0 spiro atoms. The molecule has 1 N–H and O–H groups in total. The molecule has 4 nitrogen and oxygen atoms in total. The first kappa shape index (κ1) is 15.6. The number of aromatic nitrogens is 2. The Morgan fingerprint density at radius 1 is 1.04 bits per heavy atom. The van der Waals surface area contributed by atoms with E-state index in [1.807, 2.05) is 67.6 Å². The lowest BCUT2D eigenvalue weighted by atomic mass is 10.2. The summed E-state index contributed by atoms with van der Waals surface area (Å²) in [4.78, 5) is 21.8. The van der Waals surface area contributed by atoms with Gasteiger partial charge in [-0.15, -0.1) is 11.3 Å². The van der Waals surface area contributed by atoms with Crippen LogP contribution < -0.4 is 10.3 Å². The van der Waals surface area contributed by atoms with Crippen LogP contribution >= 0.6 is 11.3 Å². The fourth-order valence-corrected chi connectivity index (χ4v) is 3.75. The van der Waals surface area contributed by atoms with Crippen LogP contribution in [0.3, 0.4) is 0 Å². The molecule has 25 heavy (non-hydrogen) atoms. The number of aromatic amines is 1. The van der Waals surface area contributed by atoms with Crippen molar-refractivity contribution in [3.63, 3.8) is 0 Å². The summed E-state index contributed by atoms with van der Waals surface area (Å²) in [5.74, 6) is 1.32. The van der Waals surface area contributed by atoms with E-state index in [0.717, 1.165) is 26.6 Å². The first-order chi connectivity index (χ1) is 12.2. The quantitative estimate of drug-likeness (QED) is 0.581. The summed E-state index contributed by atoms with van der Waals surface area (Å²) in [6.07, 6.45) is 0. The number of nitrogens with zero attached hydrogens (tertiary/aromatic N) is 1. The smallest absolute Gasteiger partial charge is 0.259 e. The second-order valence-corrected chi connectivity index (χ2v) is 6.60. The van der Waals surface area contributed by atoms with Gasteiger partial charge in [0.15, 0.2) is 0 Å². The lowest BCUT2D eigenvalue weighted by Gasteiger charge is -2.05. The van der Waals surface area contributed by atoms with Crippen molar-refractivity contribution in [1.82, 2.24) is 9.97 Å². The standard InChI is InChI=1S/C20H16N2O2S/c1-2-24-15-10-6-9-14(11-15)18-21-19(23)16-12-17(25-20(16)22-18)13-7-4-3-5-8-13/h3-12H,2H2,1H3,(H,21,22,23). The van der Waals surface area contributed by atoms with Crippen LogP contribution in [0.4, 0.5) is 0 Å². The van der Waals surface area contributed by atoms with Gasteiger partial charge in [-0.1, -0.05) is 42.5 Å². The highest BCUT2D eigenvalue weighted by Crippen LogP contribution is 2.31. The van der Waals surface area contributed by atoms with Gasteiger partial charge in [0, 0.05) is 10.4 Å². The minimum Gasteiger partial charge on any atom is -0.494 e. The van der Waals surface area contributed by atoms with Gasteiger partial charge in [0.1, 0.15) is 16.4 Å². The molecule has 0 saturated carbocycles. The number of benzene rings is 2. The van der Waals surface area contributed by atoms with Crippen LogP contribution in [0.25, 0.3) is 32.0 Å². The molecule has 5 heteroatoms. The maximum Gasteiger partial charge on any atom is 0.259 e. The van der Waals surface area contributed by atoms with Gasteiger partial charge in [0.25, 0.3) is 5.56 Å². The van der Waals surface area contributed by atoms with Crippen molar-refractivity contribution in [2.45, 2.75) is 6.92 Å². The van der Waals surface area contributed by atoms with E-state index in [1.165, 1.54) is 11.3 Å². The third-order valence-electron chi connectivity index (χ3n) is 3.88. The molecule has 2 heterocycles. The van der Waals surface area contributed by atoms with Crippen LogP contribution in [-0.4, -0.2) is 16.6 Å². The van der Waals surface area contributed by atoms with Gasteiger partial charge in [-0.05, 0) is 30.7 Å². The molecule has 0 atom stereocenters. The molecule has 0 bridgehead atoms. The van der Waals surface area contributed by atoms with Crippen LogP contribution in [0.15, 0.2) is 65.5 Å². The monoisotopic (exact) mass is 348 g/mol. The number of hydrogen-bond donors (Lipinski definition) is 1. The number of thiophene rings is 1. The van der Waals surface area contributed by atoms with Crippen molar-refractivity contribution in [3.05, 3.63) is 71.0 Å². The minimum absolute atomic E-state index is 0.125. The second-order valence-electron chi connectivity index (χ2n) is 5.57. The zero-order valence-corrected chi connectivity index (χ0v) is 14.5. The second kappa shape index (κ2) is 6.53. The first-order valence-corrected chi connectivity index (χ1v) is 8.89. The van der Waals surface area contributed by atoms with E-state index in [9.17, 15) is 4.79 Å². The maximum absolute atomic E-state index is 12.5. The van der Waals surface area contributed by atoms with E-state index < -0.39 is 0 Å². The van der Waals surface area contributed by atoms with E-state index in [0.29, 0.717) is 17.8 Å². The molecule has 0 fully saturated rings. The summed E-state index contributed by atoms with van der Waals surface area (Å²) in [6, 6.07) is 19.5. The minimum atomic E-state index is -0.125. The summed E-state index contributed by atoms with van der Waals surface area (Å²) < 4.78 is 5.53. The van der Waals surface area contributed by atoms with Crippen molar-refractivity contribution in [1.29, 1.82) is 0 Å². The normalized spacial score (nSPS) is 10.9. The van der Waals surface area contributed by atoms with Crippen molar-refractivity contribution in [3.8, 4) is 27.6 Å². The van der Waals surface area contributed by atoms with E-state index in [4.69, 9.17) is 4.74 Å². The lowest BCUT2D eigenvalue weighted by molar-refractivity contribution is 0.340. The molecule has 4 aromatic rings. The molecule has 4 rings (SSSR count). The summed E-state index contributed by atoms with van der Waals surface area (Å²) in [5, 5.41) is 0.619. The molecular weight excluding hydrogens is 332 g/mol. The molecule has 0 unspecified atom stereocenters. The SMILES string of the molecule is CCOc1cccc(-c2nc3sc(-c4ccccc4)cc3c(=O)[nH]2)c1. The van der Waals surface area contributed by atoms with Crippen LogP contribution in [0, 0.1) is 0 Å².